The molecule has 0 spiro atoms. The third kappa shape index (κ3) is 21.7. The number of para-hydroxylation sites is 2. The van der Waals surface area contributed by atoms with Crippen molar-refractivity contribution >= 4 is 146 Å². The Morgan fingerprint density at radius 3 is 0.788 bits per heavy atom. The highest BCUT2D eigenvalue weighted by atomic mass is 16.6. The first-order valence-corrected chi connectivity index (χ1v) is 44.6. The second-order valence-electron chi connectivity index (χ2n) is 31.1. The van der Waals surface area contributed by atoms with Gasteiger partial charge in [-0.2, -0.15) is 0 Å². The number of carbonyl (C=O) groups excluding carboxylic acids is 10. The van der Waals surface area contributed by atoms with Gasteiger partial charge in [-0.1, -0.05) is 248 Å². The van der Waals surface area contributed by atoms with Crippen LogP contribution in [-0.2, 0) is 33.2 Å². The second kappa shape index (κ2) is 45.5. The van der Waals surface area contributed by atoms with Crippen LogP contribution in [0, 0.1) is 0 Å². The molecule has 0 saturated heterocycles. The number of ketones is 1. The Hall–Kier alpha value is -15.5. The molecule has 0 aliphatic heterocycles. The molecule has 0 aromatic heterocycles. The lowest BCUT2D eigenvalue weighted by Crippen LogP contribution is -2.16. The van der Waals surface area contributed by atoms with Crippen LogP contribution in [0.15, 0.2) is 291 Å². The highest BCUT2D eigenvalue weighted by Crippen LogP contribution is 2.51. The molecule has 19 nitrogen and oxygen atoms in total. The van der Waals surface area contributed by atoms with Gasteiger partial charge >= 0.3 is 53.7 Å². The molecule has 0 saturated carbocycles. The monoisotopic (exact) mass is 1760 g/mol. The molecule has 19 heteroatoms. The second-order valence-corrected chi connectivity index (χ2v) is 31.1. The highest BCUT2D eigenvalue weighted by molar-refractivity contribution is 6.25. The normalized spacial score (nSPS) is 10.9. The van der Waals surface area contributed by atoms with Crippen molar-refractivity contribution in [3.63, 3.8) is 0 Å². The van der Waals surface area contributed by atoms with E-state index in [4.69, 9.17) is 42.6 Å². The minimum absolute atomic E-state index is 0.0674. The van der Waals surface area contributed by atoms with Gasteiger partial charge in [0.1, 0.15) is 11.5 Å². The molecular formula is C113H102O19. The number of hydrogen-bond acceptors (Lipinski definition) is 19. The zero-order valence-corrected chi connectivity index (χ0v) is 75.1. The highest BCUT2D eigenvalue weighted by Gasteiger charge is 2.33. The van der Waals surface area contributed by atoms with E-state index in [-0.39, 0.29) is 29.7 Å². The third-order valence-corrected chi connectivity index (χ3v) is 22.4. The standard InChI is InChI=1S/C28H18O4.C24H26O4.C22H24O4.C20H18O4.C19H16O3/c29-27(31-21-11-3-1-4-12-21)23-15-7-9-19-17-20-10-8-16-24(26(20)18-25(19)23)28(30)32-22-13-5-2-6-14-22;1-3-5-13-27-23(25)19-11-7-9-17-15-18-10-8-12-20(22(18)16-21(17)19)24(26)28-14-6-4-2;1-3-5-13-25-21(23)17-11-7-9-15-16-10-8-12-18(20(16)19(15)17)22(24)26-14-6-4-2;1-3-23-19(21)15-9-5-7-13-11-12-14-8-6-10-16(18(14)17(13)15)20(22)24-4-2;1-3-16(20)14-8-4-6-12-10-11-13-7-5-9-15(19(21)22-2)18(13)17(12)14/h1-18H;7-12,15-16H,3-6,13-14H2,1-2H3;7-12H,3-6,13-14H2,1-2H3;5-12H,3-4H2,1-2H3;4-11H,3H2,1-2H3. The Labute approximate surface area is 765 Å². The molecule has 0 heterocycles. The molecule has 16 aromatic rings. The van der Waals surface area contributed by atoms with E-state index in [1.54, 1.807) is 92.7 Å². The molecule has 1 aliphatic rings. The molecule has 17 rings (SSSR count). The first kappa shape index (κ1) is 94.1. The van der Waals surface area contributed by atoms with Crippen LogP contribution in [0.2, 0.25) is 0 Å². The maximum atomic E-state index is 12.9. The number of benzene rings is 16. The number of unbranched alkanes of at least 4 members (excludes halogenated alkanes) is 4. The van der Waals surface area contributed by atoms with E-state index in [1.165, 1.54) is 7.11 Å². The van der Waals surface area contributed by atoms with E-state index < -0.39 is 29.8 Å². The van der Waals surface area contributed by atoms with Crippen molar-refractivity contribution in [3.8, 4) is 33.8 Å². The third-order valence-electron chi connectivity index (χ3n) is 22.4. The Bertz CT molecular complexity index is 6590. The average Bonchev–Trinajstić information content (AvgIpc) is 0.717. The van der Waals surface area contributed by atoms with E-state index in [2.05, 4.69) is 27.7 Å². The van der Waals surface area contributed by atoms with Crippen LogP contribution >= 0.6 is 0 Å². The van der Waals surface area contributed by atoms with Crippen LogP contribution in [0.3, 0.4) is 0 Å². The molecular weight excluding hydrogens is 1660 g/mol. The smallest absolute Gasteiger partial charge is 0.344 e. The number of esters is 9. The van der Waals surface area contributed by atoms with E-state index in [0.717, 1.165) is 149 Å². The van der Waals surface area contributed by atoms with Gasteiger partial charge in [0.25, 0.3) is 0 Å². The average molecular weight is 1760 g/mol. The predicted octanol–water partition coefficient (Wildman–Crippen LogP) is 26.3. The number of fused-ring (bicyclic) bond motifs is 14. The van der Waals surface area contributed by atoms with Crippen LogP contribution in [0.4, 0.5) is 0 Å². The maximum absolute atomic E-state index is 12.9. The molecule has 16 aromatic carbocycles. The molecule has 0 atom stereocenters. The number of Topliss-reactive ketones (excluding diaryl/α,β-unsaturated/α-hetero) is 1. The van der Waals surface area contributed by atoms with Gasteiger partial charge in [-0.25, -0.2) is 43.2 Å². The van der Waals surface area contributed by atoms with Gasteiger partial charge in [-0.15, -0.1) is 0 Å². The number of hydrogen-bond donors (Lipinski definition) is 0. The van der Waals surface area contributed by atoms with Crippen molar-refractivity contribution in [1.29, 1.82) is 0 Å². The Balaban J connectivity index is 0.000000141. The lowest BCUT2D eigenvalue weighted by Gasteiger charge is -2.28. The van der Waals surface area contributed by atoms with Crippen molar-refractivity contribution in [2.45, 2.75) is 106 Å². The summed E-state index contributed by atoms with van der Waals surface area (Å²) in [5.41, 5.74) is 8.53. The summed E-state index contributed by atoms with van der Waals surface area (Å²) in [6, 6.07) is 88.8. The molecule has 0 unspecified atom stereocenters. The maximum Gasteiger partial charge on any atom is 0.344 e. The van der Waals surface area contributed by atoms with E-state index in [0.29, 0.717) is 124 Å². The van der Waals surface area contributed by atoms with E-state index >= 15 is 0 Å². The minimum Gasteiger partial charge on any atom is -0.465 e. The summed E-state index contributed by atoms with van der Waals surface area (Å²) in [7, 11) is 1.37. The van der Waals surface area contributed by atoms with E-state index in [9.17, 15) is 47.9 Å². The van der Waals surface area contributed by atoms with Gasteiger partial charge in [0.15, 0.2) is 5.78 Å². The fraction of sp³-hybridized carbons (Fsp3) is 0.204. The fourth-order valence-corrected chi connectivity index (χ4v) is 15.8. The molecule has 0 bridgehead atoms. The SMILES string of the molecule is CCC(=O)c1cccc2ccc3cccc(C(=O)OC)c3c12.CCCCOC(=O)c1cccc2c1-c1c(C(=O)OCCCC)cccc1-2.CCCCOC(=O)c1cccc2cc3cccc(C(=O)OCCCC)c3cc12.CCOC(=O)c1cccc2ccc3cccc(C(=O)OCC)c3c12.O=C(Oc1ccccc1)c1cccc2cc3cccc(C(=O)Oc4ccccc4)c3cc12. The summed E-state index contributed by atoms with van der Waals surface area (Å²) in [6.07, 6.45) is 7.66. The summed E-state index contributed by atoms with van der Waals surface area (Å²) in [5.74, 6) is -2.41. The van der Waals surface area contributed by atoms with Crippen molar-refractivity contribution in [2.24, 2.45) is 0 Å². The zero-order valence-electron chi connectivity index (χ0n) is 75.1. The first-order valence-electron chi connectivity index (χ1n) is 44.6. The van der Waals surface area contributed by atoms with Crippen molar-refractivity contribution in [3.05, 3.63) is 347 Å². The molecule has 0 fully saturated rings. The van der Waals surface area contributed by atoms with Gasteiger partial charge in [0.05, 0.1) is 96.8 Å². The summed E-state index contributed by atoms with van der Waals surface area (Å²) in [4.78, 5) is 125. The van der Waals surface area contributed by atoms with Gasteiger partial charge in [0.2, 0.25) is 0 Å². The molecule has 0 radical (unpaired) electrons. The van der Waals surface area contributed by atoms with Crippen LogP contribution in [0.1, 0.15) is 210 Å². The number of ether oxygens (including phenoxy) is 9. The van der Waals surface area contributed by atoms with Gasteiger partial charge in [-0.3, -0.25) is 4.79 Å². The first-order chi connectivity index (χ1) is 64.4. The van der Waals surface area contributed by atoms with Gasteiger partial charge < -0.3 is 42.6 Å². The lowest BCUT2D eigenvalue weighted by molar-refractivity contribution is 0.0488. The molecule has 668 valence electrons. The van der Waals surface area contributed by atoms with Crippen molar-refractivity contribution in [2.75, 3.05) is 46.8 Å². The number of methoxy groups -OCH3 is 1. The van der Waals surface area contributed by atoms with Crippen LogP contribution in [-0.4, -0.2) is 106 Å². The quantitative estimate of drug-likeness (QED) is 0.00882. The lowest BCUT2D eigenvalue weighted by atomic mass is 9.75. The topological polar surface area (TPSA) is 254 Å². The molecule has 1 aliphatic carbocycles. The Morgan fingerprint density at radius 2 is 0.485 bits per heavy atom. The molecule has 0 N–H and O–H groups in total. The van der Waals surface area contributed by atoms with E-state index in [1.807, 2.05) is 219 Å². The number of rotatable bonds is 27. The summed E-state index contributed by atoms with van der Waals surface area (Å²) >= 11 is 0. The molecule has 132 heavy (non-hydrogen) atoms. The fourth-order valence-electron chi connectivity index (χ4n) is 15.8. The Kier molecular flexibility index (Phi) is 32.4. The van der Waals surface area contributed by atoms with Crippen LogP contribution in [0.5, 0.6) is 11.5 Å². The predicted molar refractivity (Wildman–Crippen MR) is 518 cm³/mol. The largest absolute Gasteiger partial charge is 0.465 e. The van der Waals surface area contributed by atoms with Crippen LogP contribution < -0.4 is 9.47 Å². The van der Waals surface area contributed by atoms with Crippen molar-refractivity contribution < 1.29 is 90.6 Å². The summed E-state index contributed by atoms with van der Waals surface area (Å²) < 4.78 is 47.9. The molecule has 0 amide bonds. The zero-order chi connectivity index (χ0) is 93.2. The van der Waals surface area contributed by atoms with Gasteiger partial charge in [-0.05, 0) is 218 Å². The van der Waals surface area contributed by atoms with Crippen molar-refractivity contribution in [1.82, 2.24) is 0 Å². The van der Waals surface area contributed by atoms with Gasteiger partial charge in [0, 0.05) is 44.7 Å². The number of carbonyl (C=O) groups is 10. The summed E-state index contributed by atoms with van der Waals surface area (Å²) in [6.45, 7) is 15.8. The Morgan fingerprint density at radius 1 is 0.227 bits per heavy atom. The summed E-state index contributed by atoms with van der Waals surface area (Å²) in [5, 5.41) is 13.3. The minimum atomic E-state index is -0.453. The van der Waals surface area contributed by atoms with Crippen LogP contribution in [0.25, 0.3) is 108 Å².